The molecule has 1 heterocycles. The average molecular weight is 402 g/mol. The maximum Gasteiger partial charge on any atom is 0.407 e. The summed E-state index contributed by atoms with van der Waals surface area (Å²) in [7, 11) is 0. The van der Waals surface area contributed by atoms with Gasteiger partial charge in [-0.05, 0) is 63.1 Å². The number of nitrogens with one attached hydrogen (secondary N) is 1. The number of carbonyl (C=O) groups excluding carboxylic acids is 1. The van der Waals surface area contributed by atoms with Crippen molar-refractivity contribution in [3.8, 4) is 0 Å². The highest BCUT2D eigenvalue weighted by molar-refractivity contribution is 5.68. The molecule has 1 unspecified atom stereocenters. The molecule has 2 aromatic rings. The third-order valence-electron chi connectivity index (χ3n) is 5.01. The molecule has 29 heavy (non-hydrogen) atoms. The lowest BCUT2D eigenvalue weighted by atomic mass is 9.84. The van der Waals surface area contributed by atoms with Crippen LogP contribution in [0.2, 0.25) is 0 Å². The van der Waals surface area contributed by atoms with Crippen LogP contribution in [0.25, 0.3) is 0 Å². The maximum absolute atomic E-state index is 14.5. The van der Waals surface area contributed by atoms with Crippen LogP contribution < -0.4 is 5.32 Å². The smallest absolute Gasteiger partial charge is 0.407 e. The molecular weight excluding hydrogens is 374 g/mol. The number of alkyl carbamates (subject to hydrolysis) is 1. The van der Waals surface area contributed by atoms with E-state index in [1.165, 1.54) is 11.6 Å². The molecule has 1 N–H and O–H groups in total. The van der Waals surface area contributed by atoms with Gasteiger partial charge in [-0.2, -0.15) is 0 Å². The van der Waals surface area contributed by atoms with Gasteiger partial charge in [-0.15, -0.1) is 0 Å². The van der Waals surface area contributed by atoms with E-state index in [0.29, 0.717) is 18.5 Å². The number of benzene rings is 2. The lowest BCUT2D eigenvalue weighted by molar-refractivity contribution is 0.0454. The Balaban J connectivity index is 1.79. The van der Waals surface area contributed by atoms with Gasteiger partial charge in [0.2, 0.25) is 0 Å². The Hall–Kier alpha value is -2.47. The summed E-state index contributed by atoms with van der Waals surface area (Å²) in [5.74, 6) is -1.27. The van der Waals surface area contributed by atoms with E-state index in [2.05, 4.69) is 22.3 Å². The minimum Gasteiger partial charge on any atom is -0.444 e. The zero-order valence-corrected chi connectivity index (χ0v) is 17.1. The molecular formula is C23H28F2N2O2. The molecule has 3 rings (SSSR count). The molecule has 1 aliphatic heterocycles. The van der Waals surface area contributed by atoms with Crippen LogP contribution in [-0.2, 0) is 11.3 Å². The molecule has 156 valence electrons. The van der Waals surface area contributed by atoms with E-state index in [1.807, 2.05) is 18.2 Å². The predicted octanol–water partition coefficient (Wildman–Crippen LogP) is 4.85. The summed E-state index contributed by atoms with van der Waals surface area (Å²) in [5, 5.41) is 2.89. The second-order valence-corrected chi connectivity index (χ2v) is 8.53. The van der Waals surface area contributed by atoms with E-state index < -0.39 is 29.4 Å². The topological polar surface area (TPSA) is 41.6 Å². The fraction of sp³-hybridized carbons (Fsp3) is 0.435. The van der Waals surface area contributed by atoms with Gasteiger partial charge in [-0.25, -0.2) is 13.6 Å². The Labute approximate surface area is 170 Å². The quantitative estimate of drug-likeness (QED) is 0.795. The molecule has 2 aromatic carbocycles. The fourth-order valence-electron chi connectivity index (χ4n) is 3.78. The van der Waals surface area contributed by atoms with Gasteiger partial charge in [0.15, 0.2) is 0 Å². The third-order valence-corrected chi connectivity index (χ3v) is 5.01. The van der Waals surface area contributed by atoms with E-state index in [4.69, 9.17) is 4.74 Å². The van der Waals surface area contributed by atoms with Gasteiger partial charge in [-0.1, -0.05) is 30.3 Å². The molecule has 2 atom stereocenters. The van der Waals surface area contributed by atoms with Crippen LogP contribution in [0.15, 0.2) is 48.5 Å². The standard InChI is InChI=1S/C23H28F2N2O2/c1-23(2,3)29-22(28)26-21-15-27(14-16-7-5-4-6-8-16)12-11-18(21)19-13-17(24)9-10-20(19)25/h4-10,13,18,21H,11-12,14-15H2,1-3H3,(H,26,28)/t18-,21?/m1/s1. The summed E-state index contributed by atoms with van der Waals surface area (Å²) in [6.45, 7) is 7.35. The lowest BCUT2D eigenvalue weighted by Gasteiger charge is -2.39. The van der Waals surface area contributed by atoms with Crippen LogP contribution in [0.5, 0.6) is 0 Å². The fourth-order valence-corrected chi connectivity index (χ4v) is 3.78. The Kier molecular flexibility index (Phi) is 6.52. The molecule has 1 aliphatic rings. The van der Waals surface area contributed by atoms with Crippen LogP contribution in [0.3, 0.4) is 0 Å². The Morgan fingerprint density at radius 3 is 2.59 bits per heavy atom. The summed E-state index contributed by atoms with van der Waals surface area (Å²) < 4.78 is 33.6. The number of carbonyl (C=O) groups is 1. The van der Waals surface area contributed by atoms with Crippen LogP contribution in [0.4, 0.5) is 13.6 Å². The first-order valence-electron chi connectivity index (χ1n) is 9.92. The van der Waals surface area contributed by atoms with Crippen molar-refractivity contribution >= 4 is 6.09 Å². The van der Waals surface area contributed by atoms with E-state index in [1.54, 1.807) is 20.8 Å². The van der Waals surface area contributed by atoms with Gasteiger partial charge in [0.1, 0.15) is 17.2 Å². The highest BCUT2D eigenvalue weighted by Gasteiger charge is 2.34. The number of likely N-dealkylation sites (tertiary alicyclic amines) is 1. The van der Waals surface area contributed by atoms with Crippen molar-refractivity contribution in [1.29, 1.82) is 0 Å². The first-order valence-corrected chi connectivity index (χ1v) is 9.92. The summed E-state index contributed by atoms with van der Waals surface area (Å²) >= 11 is 0. The Bertz CT molecular complexity index is 837. The van der Waals surface area contributed by atoms with E-state index >= 15 is 0 Å². The number of hydrogen-bond donors (Lipinski definition) is 1. The summed E-state index contributed by atoms with van der Waals surface area (Å²) in [4.78, 5) is 14.6. The molecule has 1 saturated heterocycles. The minimum atomic E-state index is -0.637. The van der Waals surface area contributed by atoms with Gasteiger partial charge in [0.05, 0.1) is 6.04 Å². The molecule has 6 heteroatoms. The molecule has 1 amide bonds. The van der Waals surface area contributed by atoms with Crippen LogP contribution in [0.1, 0.15) is 44.2 Å². The van der Waals surface area contributed by atoms with Crippen LogP contribution >= 0.6 is 0 Å². The first-order chi connectivity index (χ1) is 13.7. The SMILES string of the molecule is CC(C)(C)OC(=O)NC1CN(Cc2ccccc2)CC[C@@H]1c1cc(F)ccc1F. The van der Waals surface area contributed by atoms with Gasteiger partial charge < -0.3 is 10.1 Å². The van der Waals surface area contributed by atoms with Gasteiger partial charge in [0, 0.05) is 19.0 Å². The van der Waals surface area contributed by atoms with Crippen molar-refractivity contribution in [3.05, 3.63) is 71.3 Å². The monoisotopic (exact) mass is 402 g/mol. The number of piperidine rings is 1. The molecule has 0 spiro atoms. The zero-order valence-electron chi connectivity index (χ0n) is 17.1. The van der Waals surface area contributed by atoms with Crippen molar-refractivity contribution in [1.82, 2.24) is 10.2 Å². The van der Waals surface area contributed by atoms with Crippen LogP contribution in [-0.4, -0.2) is 35.7 Å². The largest absolute Gasteiger partial charge is 0.444 e. The second-order valence-electron chi connectivity index (χ2n) is 8.53. The number of nitrogens with zero attached hydrogens (tertiary/aromatic N) is 1. The zero-order chi connectivity index (χ0) is 21.0. The van der Waals surface area contributed by atoms with Gasteiger partial charge in [0.25, 0.3) is 0 Å². The summed E-state index contributed by atoms with van der Waals surface area (Å²) in [6, 6.07) is 13.1. The molecule has 0 aliphatic carbocycles. The summed E-state index contributed by atoms with van der Waals surface area (Å²) in [5.41, 5.74) is 0.826. The van der Waals surface area contributed by atoms with E-state index in [9.17, 15) is 13.6 Å². The molecule has 1 fully saturated rings. The first kappa shape index (κ1) is 21.2. The van der Waals surface area contributed by atoms with Crippen molar-refractivity contribution in [2.45, 2.75) is 51.3 Å². The minimum absolute atomic E-state index is 0.297. The van der Waals surface area contributed by atoms with E-state index in [-0.39, 0.29) is 5.92 Å². The Morgan fingerprint density at radius 1 is 1.17 bits per heavy atom. The molecule has 0 bridgehead atoms. The maximum atomic E-state index is 14.5. The number of amides is 1. The normalized spacial score (nSPS) is 20.3. The second kappa shape index (κ2) is 8.91. The number of rotatable bonds is 4. The molecule has 0 radical (unpaired) electrons. The highest BCUT2D eigenvalue weighted by Crippen LogP contribution is 2.31. The lowest BCUT2D eigenvalue weighted by Crippen LogP contribution is -2.52. The average Bonchev–Trinajstić information content (AvgIpc) is 2.63. The molecule has 0 aromatic heterocycles. The van der Waals surface area contributed by atoms with E-state index in [0.717, 1.165) is 25.2 Å². The molecule has 0 saturated carbocycles. The van der Waals surface area contributed by atoms with Gasteiger partial charge in [-0.3, -0.25) is 4.90 Å². The molecule has 4 nitrogen and oxygen atoms in total. The van der Waals surface area contributed by atoms with Gasteiger partial charge >= 0.3 is 6.09 Å². The third kappa shape index (κ3) is 6.00. The van der Waals surface area contributed by atoms with Crippen LogP contribution in [0, 0.1) is 11.6 Å². The predicted molar refractivity (Wildman–Crippen MR) is 109 cm³/mol. The summed E-state index contributed by atoms with van der Waals surface area (Å²) in [6.07, 6.45) is 0.0547. The van der Waals surface area contributed by atoms with Crippen molar-refractivity contribution < 1.29 is 18.3 Å². The number of ether oxygens (including phenoxy) is 1. The number of hydrogen-bond acceptors (Lipinski definition) is 3. The van der Waals surface area contributed by atoms with Crippen molar-refractivity contribution in [2.24, 2.45) is 0 Å². The Morgan fingerprint density at radius 2 is 1.90 bits per heavy atom. The highest BCUT2D eigenvalue weighted by atomic mass is 19.1. The van der Waals surface area contributed by atoms with Crippen molar-refractivity contribution in [3.63, 3.8) is 0 Å². The van der Waals surface area contributed by atoms with Crippen molar-refractivity contribution in [2.75, 3.05) is 13.1 Å². The number of halogens is 2.